The van der Waals surface area contributed by atoms with Gasteiger partial charge in [0.05, 0.1) is 6.42 Å². The van der Waals surface area contributed by atoms with Gasteiger partial charge in [0, 0.05) is 24.1 Å². The van der Waals surface area contributed by atoms with Gasteiger partial charge in [0.25, 0.3) is 0 Å². The molecule has 3 N–H and O–H groups in total. The van der Waals surface area contributed by atoms with Crippen LogP contribution in [0, 0.1) is 0 Å². The second-order valence-electron chi connectivity index (χ2n) is 4.17. The van der Waals surface area contributed by atoms with E-state index in [4.69, 9.17) is 9.84 Å². The van der Waals surface area contributed by atoms with Crippen LogP contribution in [0.1, 0.15) is 30.7 Å². The lowest BCUT2D eigenvalue weighted by molar-refractivity contribution is -0.138. The van der Waals surface area contributed by atoms with Crippen molar-refractivity contribution in [3.05, 3.63) is 22.4 Å². The summed E-state index contributed by atoms with van der Waals surface area (Å²) in [6.45, 7) is 3.87. The fraction of sp³-hybridized carbons (Fsp3) is 0.615. The maximum atomic E-state index is 10.8. The van der Waals surface area contributed by atoms with Crippen LogP contribution in [0.5, 0.6) is 0 Å². The van der Waals surface area contributed by atoms with Crippen molar-refractivity contribution >= 4 is 17.3 Å². The van der Waals surface area contributed by atoms with Crippen LogP contribution in [-0.4, -0.2) is 42.0 Å². The summed E-state index contributed by atoms with van der Waals surface area (Å²) in [6, 6.07) is 3.18. The van der Waals surface area contributed by atoms with Crippen molar-refractivity contribution in [2.45, 2.75) is 31.9 Å². The van der Waals surface area contributed by atoms with Gasteiger partial charge in [-0.05, 0) is 31.3 Å². The highest BCUT2D eigenvalue weighted by atomic mass is 32.1. The first-order valence-electron chi connectivity index (χ1n) is 6.39. The maximum absolute atomic E-state index is 10.8. The molecule has 1 aromatic heterocycles. The molecule has 0 saturated heterocycles. The van der Waals surface area contributed by atoms with Gasteiger partial charge in [0.15, 0.2) is 0 Å². The van der Waals surface area contributed by atoms with E-state index in [9.17, 15) is 9.90 Å². The summed E-state index contributed by atoms with van der Waals surface area (Å²) in [5.41, 5.74) is 0. The van der Waals surface area contributed by atoms with Crippen molar-refractivity contribution in [1.82, 2.24) is 5.32 Å². The molecule has 0 aromatic carbocycles. The number of carboxylic acids is 1. The highest BCUT2D eigenvalue weighted by Gasteiger charge is 2.23. The molecule has 0 aliphatic carbocycles. The van der Waals surface area contributed by atoms with Gasteiger partial charge in [0.2, 0.25) is 0 Å². The molecular weight excluding hydrogens is 266 g/mol. The van der Waals surface area contributed by atoms with E-state index >= 15 is 0 Å². The number of rotatable bonds is 10. The van der Waals surface area contributed by atoms with Gasteiger partial charge in [-0.2, -0.15) is 0 Å². The summed E-state index contributed by atoms with van der Waals surface area (Å²) in [6.07, 6.45) is -0.0994. The Morgan fingerprint density at radius 3 is 2.95 bits per heavy atom. The Labute approximate surface area is 117 Å². The molecule has 2 atom stereocenters. The fourth-order valence-corrected chi connectivity index (χ4v) is 2.52. The highest BCUT2D eigenvalue weighted by molar-refractivity contribution is 7.10. The number of aliphatic hydroxyl groups is 1. The van der Waals surface area contributed by atoms with E-state index < -0.39 is 18.1 Å². The van der Waals surface area contributed by atoms with Crippen LogP contribution in [-0.2, 0) is 9.53 Å². The Hall–Kier alpha value is -0.950. The van der Waals surface area contributed by atoms with Gasteiger partial charge in [0.1, 0.15) is 6.10 Å². The zero-order valence-corrected chi connectivity index (χ0v) is 11.9. The molecule has 1 rings (SSSR count). The van der Waals surface area contributed by atoms with Crippen molar-refractivity contribution in [1.29, 1.82) is 0 Å². The van der Waals surface area contributed by atoms with Crippen LogP contribution in [0.25, 0.3) is 0 Å². The van der Waals surface area contributed by atoms with E-state index in [-0.39, 0.29) is 6.42 Å². The molecule has 5 nitrogen and oxygen atoms in total. The van der Waals surface area contributed by atoms with E-state index in [0.717, 1.165) is 11.3 Å². The average Bonchev–Trinajstić information content (AvgIpc) is 2.89. The van der Waals surface area contributed by atoms with E-state index in [1.807, 2.05) is 24.4 Å². The fourth-order valence-electron chi connectivity index (χ4n) is 1.75. The Balaban J connectivity index is 2.44. The second kappa shape index (κ2) is 9.03. The lowest BCUT2D eigenvalue weighted by Crippen LogP contribution is -2.37. The molecule has 0 saturated carbocycles. The molecule has 0 aliphatic heterocycles. The standard InChI is InChI=1S/C13H21NO4S/c1-2-18-7-4-6-14-10(9-12(15)16)13(17)11-5-3-8-19-11/h3,5,8,10,13-14,17H,2,4,6-7,9H2,1H3,(H,15,16). The summed E-state index contributed by atoms with van der Waals surface area (Å²) in [5, 5.41) is 24.0. The van der Waals surface area contributed by atoms with E-state index in [0.29, 0.717) is 19.8 Å². The zero-order chi connectivity index (χ0) is 14.1. The maximum Gasteiger partial charge on any atom is 0.305 e. The van der Waals surface area contributed by atoms with Crippen molar-refractivity contribution in [2.24, 2.45) is 0 Å². The van der Waals surface area contributed by atoms with Crippen LogP contribution in [0.4, 0.5) is 0 Å². The second-order valence-corrected chi connectivity index (χ2v) is 5.15. The van der Waals surface area contributed by atoms with E-state index in [1.54, 1.807) is 0 Å². The van der Waals surface area contributed by atoms with Gasteiger partial charge < -0.3 is 20.3 Å². The van der Waals surface area contributed by atoms with Crippen molar-refractivity contribution in [3.8, 4) is 0 Å². The predicted octanol–water partition coefficient (Wildman–Crippen LogP) is 1.64. The van der Waals surface area contributed by atoms with Crippen molar-refractivity contribution in [3.63, 3.8) is 0 Å². The minimum Gasteiger partial charge on any atom is -0.481 e. The highest BCUT2D eigenvalue weighted by Crippen LogP contribution is 2.23. The topological polar surface area (TPSA) is 78.8 Å². The smallest absolute Gasteiger partial charge is 0.305 e. The third-order valence-corrected chi connectivity index (χ3v) is 3.63. The summed E-state index contributed by atoms with van der Waals surface area (Å²) >= 11 is 1.43. The normalized spacial score (nSPS) is 14.2. The van der Waals surface area contributed by atoms with Gasteiger partial charge in [-0.3, -0.25) is 4.79 Å². The number of hydrogen-bond donors (Lipinski definition) is 3. The molecule has 1 aromatic rings. The Morgan fingerprint density at radius 1 is 1.58 bits per heavy atom. The minimum atomic E-state index is -0.919. The molecule has 0 aliphatic rings. The van der Waals surface area contributed by atoms with Crippen LogP contribution in [0.2, 0.25) is 0 Å². The molecule has 6 heteroatoms. The molecule has 0 fully saturated rings. The number of aliphatic hydroxyl groups excluding tert-OH is 1. The molecule has 0 bridgehead atoms. The quantitative estimate of drug-likeness (QED) is 0.570. The Bertz CT molecular complexity index is 356. The monoisotopic (exact) mass is 287 g/mol. The number of ether oxygens (including phenoxy) is 1. The first-order valence-corrected chi connectivity index (χ1v) is 7.27. The van der Waals surface area contributed by atoms with Crippen LogP contribution < -0.4 is 5.32 Å². The number of carboxylic acid groups (broad SMARTS) is 1. The molecule has 19 heavy (non-hydrogen) atoms. The van der Waals surface area contributed by atoms with E-state index in [1.165, 1.54) is 11.3 Å². The number of carbonyl (C=O) groups is 1. The SMILES string of the molecule is CCOCCCNC(CC(=O)O)C(O)c1cccs1. The van der Waals surface area contributed by atoms with Gasteiger partial charge in [-0.1, -0.05) is 6.07 Å². The number of thiophene rings is 1. The number of nitrogens with one attached hydrogen (secondary N) is 1. The zero-order valence-electron chi connectivity index (χ0n) is 11.0. The van der Waals surface area contributed by atoms with E-state index in [2.05, 4.69) is 5.32 Å². The molecule has 1 heterocycles. The predicted molar refractivity (Wildman–Crippen MR) is 74.4 cm³/mol. The minimum absolute atomic E-state index is 0.103. The summed E-state index contributed by atoms with van der Waals surface area (Å²) in [5.74, 6) is -0.919. The summed E-state index contributed by atoms with van der Waals surface area (Å²) in [4.78, 5) is 11.6. The molecule has 0 spiro atoms. The van der Waals surface area contributed by atoms with Crippen LogP contribution in [0.3, 0.4) is 0 Å². The van der Waals surface area contributed by atoms with Crippen LogP contribution in [0.15, 0.2) is 17.5 Å². The lowest BCUT2D eigenvalue weighted by Gasteiger charge is -2.22. The van der Waals surface area contributed by atoms with Crippen molar-refractivity contribution < 1.29 is 19.7 Å². The Morgan fingerprint density at radius 2 is 2.37 bits per heavy atom. The first-order chi connectivity index (χ1) is 9.15. The van der Waals surface area contributed by atoms with Gasteiger partial charge in [-0.25, -0.2) is 0 Å². The molecule has 108 valence electrons. The first kappa shape index (κ1) is 16.1. The molecule has 0 amide bonds. The molecular formula is C13H21NO4S. The lowest BCUT2D eigenvalue weighted by atomic mass is 10.1. The molecule has 2 unspecified atom stereocenters. The van der Waals surface area contributed by atoms with Gasteiger partial charge in [-0.15, -0.1) is 11.3 Å². The largest absolute Gasteiger partial charge is 0.481 e. The Kier molecular flexibility index (Phi) is 7.66. The summed E-state index contributed by atoms with van der Waals surface area (Å²) in [7, 11) is 0. The third kappa shape index (κ3) is 6.15. The average molecular weight is 287 g/mol. The molecule has 0 radical (unpaired) electrons. The van der Waals surface area contributed by atoms with Gasteiger partial charge >= 0.3 is 5.97 Å². The number of hydrogen-bond acceptors (Lipinski definition) is 5. The van der Waals surface area contributed by atoms with Crippen LogP contribution >= 0.6 is 11.3 Å². The van der Waals surface area contributed by atoms with Crippen molar-refractivity contribution in [2.75, 3.05) is 19.8 Å². The third-order valence-electron chi connectivity index (χ3n) is 2.69. The number of aliphatic carboxylic acids is 1. The summed E-state index contributed by atoms with van der Waals surface area (Å²) < 4.78 is 5.21.